The summed E-state index contributed by atoms with van der Waals surface area (Å²) in [4.78, 5) is 35.3. The number of piperidine rings is 1. The van der Waals surface area contributed by atoms with E-state index in [4.69, 9.17) is 0 Å². The first-order chi connectivity index (χ1) is 21.9. The molecule has 1 fully saturated rings. The first-order valence-corrected chi connectivity index (χ1v) is 14.6. The molecule has 1 aromatic heterocycles. The van der Waals surface area contributed by atoms with Crippen molar-refractivity contribution >= 4 is 17.6 Å². The topological polar surface area (TPSA) is 65.5 Å². The molecule has 0 aliphatic carbocycles. The molecule has 4 aromatic rings. The number of benzene rings is 3. The van der Waals surface area contributed by atoms with Gasteiger partial charge >= 0.3 is 12.4 Å². The molecule has 1 unspecified atom stereocenters. The van der Waals surface area contributed by atoms with Crippen molar-refractivity contribution in [3.05, 3.63) is 131 Å². The van der Waals surface area contributed by atoms with Crippen LogP contribution in [0.15, 0.2) is 103 Å². The Bertz CT molecular complexity index is 1590. The van der Waals surface area contributed by atoms with E-state index in [2.05, 4.69) is 10.3 Å². The van der Waals surface area contributed by atoms with Crippen LogP contribution in [0.5, 0.6) is 0 Å². The average Bonchev–Trinajstić information content (AvgIpc) is 3.05. The Labute approximate surface area is 261 Å². The summed E-state index contributed by atoms with van der Waals surface area (Å²) < 4.78 is 80.3. The fourth-order valence-electron chi connectivity index (χ4n) is 5.65. The molecule has 0 radical (unpaired) electrons. The minimum atomic E-state index is -5.00. The van der Waals surface area contributed by atoms with E-state index in [0.29, 0.717) is 55.0 Å². The molecule has 1 saturated heterocycles. The van der Waals surface area contributed by atoms with Gasteiger partial charge in [0, 0.05) is 37.4 Å². The third-order valence-electron chi connectivity index (χ3n) is 7.84. The van der Waals surface area contributed by atoms with E-state index in [0.717, 1.165) is 0 Å². The summed E-state index contributed by atoms with van der Waals surface area (Å²) in [6.45, 7) is 0.223. The van der Waals surface area contributed by atoms with Crippen LogP contribution >= 0.6 is 0 Å². The Hall–Kier alpha value is -4.71. The van der Waals surface area contributed by atoms with Crippen LogP contribution in [0.2, 0.25) is 0 Å². The molecule has 1 aliphatic rings. The van der Waals surface area contributed by atoms with E-state index in [9.17, 15) is 35.9 Å². The van der Waals surface area contributed by atoms with Gasteiger partial charge in [-0.15, -0.1) is 0 Å². The maximum Gasteiger partial charge on any atom is 0.416 e. The molecule has 2 heterocycles. The number of likely N-dealkylation sites (tertiary alicyclic amines) is 1. The quantitative estimate of drug-likeness (QED) is 0.206. The number of carbonyl (C=O) groups excluding carboxylic acids is 2. The molecule has 12 heteroatoms. The molecule has 0 saturated carbocycles. The van der Waals surface area contributed by atoms with Crippen molar-refractivity contribution < 1.29 is 35.9 Å². The van der Waals surface area contributed by atoms with Crippen LogP contribution in [0, 0.1) is 0 Å². The lowest BCUT2D eigenvalue weighted by atomic mass is 9.97. The number of anilines is 1. The van der Waals surface area contributed by atoms with Gasteiger partial charge in [0.25, 0.3) is 5.91 Å². The molecule has 1 aliphatic heterocycles. The molecule has 0 bridgehead atoms. The van der Waals surface area contributed by atoms with E-state index < -0.39 is 42.0 Å². The van der Waals surface area contributed by atoms with Crippen molar-refractivity contribution in [2.45, 2.75) is 43.8 Å². The Morgan fingerprint density at radius 3 is 1.91 bits per heavy atom. The number of rotatable bonds is 8. The van der Waals surface area contributed by atoms with Crippen LogP contribution in [0.25, 0.3) is 0 Å². The maximum absolute atomic E-state index is 13.6. The number of nitrogens with one attached hydrogen (secondary N) is 1. The van der Waals surface area contributed by atoms with Crippen molar-refractivity contribution in [2.75, 3.05) is 18.0 Å². The molecule has 5 rings (SSSR count). The molecule has 1 N–H and O–H groups in total. The van der Waals surface area contributed by atoms with Crippen LogP contribution < -0.4 is 10.2 Å². The number of amides is 2. The summed E-state index contributed by atoms with van der Waals surface area (Å²) >= 11 is 0. The Balaban J connectivity index is 1.35. The highest BCUT2D eigenvalue weighted by molar-refractivity contribution is 6.06. The number of alkyl halides is 6. The first-order valence-electron chi connectivity index (χ1n) is 14.6. The molecule has 2 amide bonds. The van der Waals surface area contributed by atoms with Gasteiger partial charge in [-0.05, 0) is 66.4 Å². The van der Waals surface area contributed by atoms with Crippen molar-refractivity contribution in [3.63, 3.8) is 0 Å². The van der Waals surface area contributed by atoms with Gasteiger partial charge in [0.1, 0.15) is 11.9 Å². The predicted molar refractivity (Wildman–Crippen MR) is 160 cm³/mol. The predicted octanol–water partition coefficient (Wildman–Crippen LogP) is 7.29. The molecule has 1 atom stereocenters. The highest BCUT2D eigenvalue weighted by atomic mass is 19.4. The summed E-state index contributed by atoms with van der Waals surface area (Å²) in [6.07, 6.45) is -7.43. The van der Waals surface area contributed by atoms with Crippen molar-refractivity contribution in [1.82, 2.24) is 15.2 Å². The minimum absolute atomic E-state index is 0.0546. The van der Waals surface area contributed by atoms with Crippen LogP contribution in [0.3, 0.4) is 0 Å². The minimum Gasteiger partial charge on any atom is -0.350 e. The fraction of sp³-hybridized carbons (Fsp3) is 0.265. The highest BCUT2D eigenvalue weighted by Crippen LogP contribution is 2.36. The number of hydrogen-bond acceptors (Lipinski definition) is 4. The summed E-state index contributed by atoms with van der Waals surface area (Å²) in [5.41, 5.74) is -2.11. The SMILES string of the molecule is O=C(NCc1cc(C(F)(F)F)cc(C(F)(F)F)c1)C(c1ccccc1)N1CCC(N(C(=O)c2ccccc2)c2ccccn2)CC1. The van der Waals surface area contributed by atoms with Gasteiger partial charge in [-0.1, -0.05) is 54.6 Å². The second kappa shape index (κ2) is 13.7. The molecule has 6 nitrogen and oxygen atoms in total. The van der Waals surface area contributed by atoms with Crippen LogP contribution in [-0.2, 0) is 23.7 Å². The molecule has 46 heavy (non-hydrogen) atoms. The Morgan fingerprint density at radius 1 is 0.804 bits per heavy atom. The van der Waals surface area contributed by atoms with Gasteiger partial charge < -0.3 is 5.32 Å². The van der Waals surface area contributed by atoms with Gasteiger partial charge in [0.05, 0.1) is 11.1 Å². The van der Waals surface area contributed by atoms with Gasteiger partial charge in [0.2, 0.25) is 5.91 Å². The second-order valence-corrected chi connectivity index (χ2v) is 10.9. The monoisotopic (exact) mass is 640 g/mol. The summed E-state index contributed by atoms with van der Waals surface area (Å²) in [7, 11) is 0. The van der Waals surface area contributed by atoms with Gasteiger partial charge in [-0.3, -0.25) is 19.4 Å². The van der Waals surface area contributed by atoms with Crippen LogP contribution in [0.1, 0.15) is 51.5 Å². The maximum atomic E-state index is 13.6. The zero-order valence-corrected chi connectivity index (χ0v) is 24.4. The molecule has 0 spiro atoms. The lowest BCUT2D eigenvalue weighted by Gasteiger charge is -2.40. The van der Waals surface area contributed by atoms with Crippen LogP contribution in [0.4, 0.5) is 32.2 Å². The van der Waals surface area contributed by atoms with E-state index in [1.54, 1.807) is 83.9 Å². The summed E-state index contributed by atoms with van der Waals surface area (Å²) in [5.74, 6) is -0.293. The van der Waals surface area contributed by atoms with Crippen LogP contribution in [-0.4, -0.2) is 40.8 Å². The fourth-order valence-corrected chi connectivity index (χ4v) is 5.65. The van der Waals surface area contributed by atoms with Crippen molar-refractivity contribution in [3.8, 4) is 0 Å². The molecular formula is C34H30F6N4O2. The molecule has 3 aromatic carbocycles. The van der Waals surface area contributed by atoms with Crippen molar-refractivity contribution in [2.24, 2.45) is 0 Å². The zero-order chi connectivity index (χ0) is 32.9. The smallest absolute Gasteiger partial charge is 0.350 e. The number of nitrogens with zero attached hydrogens (tertiary/aromatic N) is 3. The third kappa shape index (κ3) is 7.74. The number of aromatic nitrogens is 1. The number of carbonyl (C=O) groups is 2. The standard InChI is InChI=1S/C34H30F6N4O2/c35-33(36,37)26-19-23(20-27(21-26)34(38,39)40)22-42-31(45)30(24-9-3-1-4-10-24)43-17-14-28(15-18-43)44(29-13-7-8-16-41-29)32(46)25-11-5-2-6-12-25/h1-13,16,19-21,28,30H,14-15,17-18,22H2,(H,42,45). The molecule has 240 valence electrons. The summed E-state index contributed by atoms with van der Waals surface area (Å²) in [6, 6.07) is 23.0. The van der Waals surface area contributed by atoms with Crippen molar-refractivity contribution in [1.29, 1.82) is 0 Å². The first kappa shape index (κ1) is 32.7. The van der Waals surface area contributed by atoms with E-state index in [1.807, 2.05) is 11.0 Å². The Kier molecular flexibility index (Phi) is 9.76. The second-order valence-electron chi connectivity index (χ2n) is 10.9. The van der Waals surface area contributed by atoms with Gasteiger partial charge in [-0.25, -0.2) is 4.98 Å². The molecular weight excluding hydrogens is 610 g/mol. The number of halogens is 6. The normalized spacial score (nSPS) is 15.3. The highest BCUT2D eigenvalue weighted by Gasteiger charge is 2.38. The Morgan fingerprint density at radius 2 is 1.37 bits per heavy atom. The van der Waals surface area contributed by atoms with E-state index in [1.165, 1.54) is 0 Å². The number of hydrogen-bond donors (Lipinski definition) is 1. The third-order valence-corrected chi connectivity index (χ3v) is 7.84. The van der Waals surface area contributed by atoms with Gasteiger partial charge in [0.15, 0.2) is 0 Å². The lowest BCUT2D eigenvalue weighted by molar-refractivity contribution is -0.143. The average molecular weight is 641 g/mol. The lowest BCUT2D eigenvalue weighted by Crippen LogP contribution is -2.50. The number of pyridine rings is 1. The van der Waals surface area contributed by atoms with E-state index >= 15 is 0 Å². The zero-order valence-electron chi connectivity index (χ0n) is 24.4. The van der Waals surface area contributed by atoms with E-state index in [-0.39, 0.29) is 23.6 Å². The summed E-state index contributed by atoms with van der Waals surface area (Å²) in [5, 5.41) is 2.56. The largest absolute Gasteiger partial charge is 0.416 e. The van der Waals surface area contributed by atoms with Gasteiger partial charge in [-0.2, -0.15) is 26.3 Å².